The molecule has 0 aromatic rings. The third-order valence-corrected chi connectivity index (χ3v) is 2.16. The zero-order valence-electron chi connectivity index (χ0n) is 9.25. The molecule has 18 heavy (non-hydrogen) atoms. The van der Waals surface area contributed by atoms with Crippen molar-refractivity contribution in [3.05, 3.63) is 12.2 Å². The Morgan fingerprint density at radius 3 is 0.944 bits per heavy atom. The van der Waals surface area contributed by atoms with Gasteiger partial charge >= 0.3 is 0 Å². The molecular formula is C12H6N6. The van der Waals surface area contributed by atoms with E-state index in [-0.39, 0.29) is 12.8 Å². The largest absolute Gasteiger partial charge is 0.232 e. The summed E-state index contributed by atoms with van der Waals surface area (Å²) in [6, 6.07) is 9.52. The van der Waals surface area contributed by atoms with Crippen LogP contribution in [-0.4, -0.2) is 0 Å². The van der Waals surface area contributed by atoms with Crippen LogP contribution in [0, 0.1) is 78.8 Å². The number of hydrogen-bond donors (Lipinski definition) is 0. The van der Waals surface area contributed by atoms with E-state index in [0.717, 1.165) is 0 Å². The highest BCUT2D eigenvalue weighted by molar-refractivity contribution is 5.29. The first kappa shape index (κ1) is 14.7. The average Bonchev–Trinajstić information content (AvgIpc) is 2.45. The normalized spacial score (nSPS) is 10.1. The number of hydrogen-bond acceptors (Lipinski definition) is 6. The van der Waals surface area contributed by atoms with Gasteiger partial charge in [0.05, 0.1) is 0 Å². The van der Waals surface area contributed by atoms with Crippen LogP contribution in [0.15, 0.2) is 12.2 Å². The molecule has 0 N–H and O–H groups in total. The molecule has 84 valence electrons. The van der Waals surface area contributed by atoms with Crippen molar-refractivity contribution in [3.63, 3.8) is 0 Å². The molecule has 0 aromatic heterocycles. The van der Waals surface area contributed by atoms with E-state index < -0.39 is 10.8 Å². The lowest BCUT2D eigenvalue weighted by atomic mass is 9.87. The summed E-state index contributed by atoms with van der Waals surface area (Å²) in [5.41, 5.74) is -3.55. The molecule has 6 nitrogen and oxygen atoms in total. The second-order valence-electron chi connectivity index (χ2n) is 3.36. The molecule has 0 fully saturated rings. The van der Waals surface area contributed by atoms with Gasteiger partial charge < -0.3 is 0 Å². The van der Waals surface area contributed by atoms with Crippen LogP contribution in [0.4, 0.5) is 0 Å². The lowest BCUT2D eigenvalue weighted by Crippen LogP contribution is -2.13. The summed E-state index contributed by atoms with van der Waals surface area (Å²) in [5, 5.41) is 52.1. The van der Waals surface area contributed by atoms with Crippen molar-refractivity contribution in [2.45, 2.75) is 12.8 Å². The minimum atomic E-state index is -1.77. The first-order chi connectivity index (χ1) is 8.57. The van der Waals surface area contributed by atoms with Crippen molar-refractivity contribution in [2.75, 3.05) is 0 Å². The molecule has 0 saturated heterocycles. The SMILES string of the molecule is N#CC(C#N)(C#N)CC=CCC(C#N)(C#N)C#N. The smallest absolute Gasteiger partial charge is 0.195 e. The molecule has 0 heterocycles. The fourth-order valence-electron chi connectivity index (χ4n) is 0.944. The summed E-state index contributed by atoms with van der Waals surface area (Å²) in [5.74, 6) is 0. The second-order valence-corrected chi connectivity index (χ2v) is 3.36. The molecule has 0 rings (SSSR count). The van der Waals surface area contributed by atoms with Gasteiger partial charge in [-0.05, 0) is 0 Å². The Morgan fingerprint density at radius 2 is 0.778 bits per heavy atom. The van der Waals surface area contributed by atoms with Gasteiger partial charge in [0, 0.05) is 12.8 Å². The molecule has 0 aromatic carbocycles. The highest BCUT2D eigenvalue weighted by Crippen LogP contribution is 2.22. The van der Waals surface area contributed by atoms with E-state index in [4.69, 9.17) is 31.6 Å². The predicted octanol–water partition coefficient (Wildman–Crippen LogP) is 1.44. The van der Waals surface area contributed by atoms with E-state index in [2.05, 4.69) is 0 Å². The van der Waals surface area contributed by atoms with Crippen LogP contribution in [0.25, 0.3) is 0 Å². The zero-order chi connectivity index (χ0) is 14.1. The van der Waals surface area contributed by atoms with Gasteiger partial charge in [-0.15, -0.1) is 0 Å². The summed E-state index contributed by atoms with van der Waals surface area (Å²) in [6.45, 7) is 0. The molecule has 0 aliphatic heterocycles. The van der Waals surface area contributed by atoms with E-state index >= 15 is 0 Å². The first-order valence-corrected chi connectivity index (χ1v) is 4.70. The van der Waals surface area contributed by atoms with E-state index in [1.165, 1.54) is 12.2 Å². The van der Waals surface area contributed by atoms with Crippen LogP contribution in [-0.2, 0) is 0 Å². The van der Waals surface area contributed by atoms with Crippen molar-refractivity contribution < 1.29 is 0 Å². The first-order valence-electron chi connectivity index (χ1n) is 4.70. The molecule has 6 heteroatoms. The van der Waals surface area contributed by atoms with E-state index in [0.29, 0.717) is 0 Å². The van der Waals surface area contributed by atoms with Gasteiger partial charge in [0.15, 0.2) is 0 Å². The van der Waals surface area contributed by atoms with Crippen molar-refractivity contribution in [1.29, 1.82) is 31.6 Å². The van der Waals surface area contributed by atoms with Crippen LogP contribution in [0.5, 0.6) is 0 Å². The Hall–Kier alpha value is -3.32. The Labute approximate surface area is 104 Å². The molecule has 0 spiro atoms. The molecule has 0 amide bonds. The van der Waals surface area contributed by atoms with Gasteiger partial charge in [0.25, 0.3) is 0 Å². The van der Waals surface area contributed by atoms with Gasteiger partial charge in [-0.3, -0.25) is 0 Å². The van der Waals surface area contributed by atoms with Crippen LogP contribution in [0.1, 0.15) is 12.8 Å². The highest BCUT2D eigenvalue weighted by atomic mass is 14.4. The van der Waals surface area contributed by atoms with Gasteiger partial charge in [-0.25, -0.2) is 0 Å². The lowest BCUT2D eigenvalue weighted by Gasteiger charge is -2.06. The third-order valence-electron chi connectivity index (χ3n) is 2.16. The molecule has 0 radical (unpaired) electrons. The summed E-state index contributed by atoms with van der Waals surface area (Å²) >= 11 is 0. The van der Waals surface area contributed by atoms with E-state index in [9.17, 15) is 0 Å². The summed E-state index contributed by atoms with van der Waals surface area (Å²) in [7, 11) is 0. The lowest BCUT2D eigenvalue weighted by molar-refractivity contribution is 0.670. The highest BCUT2D eigenvalue weighted by Gasteiger charge is 2.30. The number of rotatable bonds is 4. The molecule has 0 saturated carbocycles. The van der Waals surface area contributed by atoms with Gasteiger partial charge in [-0.1, -0.05) is 12.2 Å². The van der Waals surface area contributed by atoms with E-state index in [1.54, 1.807) is 36.4 Å². The fourth-order valence-corrected chi connectivity index (χ4v) is 0.944. The van der Waals surface area contributed by atoms with Crippen LogP contribution < -0.4 is 0 Å². The minimum Gasteiger partial charge on any atom is -0.195 e. The van der Waals surface area contributed by atoms with Gasteiger partial charge in [-0.2, -0.15) is 31.6 Å². The summed E-state index contributed by atoms with van der Waals surface area (Å²) in [6.07, 6.45) is 2.40. The molecule has 0 atom stereocenters. The predicted molar refractivity (Wildman–Crippen MR) is 56.9 cm³/mol. The van der Waals surface area contributed by atoms with Crippen LogP contribution in [0.2, 0.25) is 0 Å². The maximum atomic E-state index is 8.69. The Balaban J connectivity index is 4.79. The monoisotopic (exact) mass is 234 g/mol. The van der Waals surface area contributed by atoms with Crippen molar-refractivity contribution in [1.82, 2.24) is 0 Å². The quantitative estimate of drug-likeness (QED) is 0.673. The van der Waals surface area contributed by atoms with Crippen LogP contribution in [0.3, 0.4) is 0 Å². The maximum Gasteiger partial charge on any atom is 0.232 e. The number of allylic oxidation sites excluding steroid dienone is 2. The topological polar surface area (TPSA) is 143 Å². The van der Waals surface area contributed by atoms with E-state index in [1.807, 2.05) is 0 Å². The number of nitrogens with zero attached hydrogens (tertiary/aromatic N) is 6. The standard InChI is InChI=1S/C12H6N6/c13-5-11(6-14,7-15)3-1-2-4-12(8-16,9-17)10-18/h1-2H,3-4H2. The van der Waals surface area contributed by atoms with Gasteiger partial charge in [0.1, 0.15) is 36.4 Å². The maximum absolute atomic E-state index is 8.69. The third kappa shape index (κ3) is 3.08. The van der Waals surface area contributed by atoms with Crippen LogP contribution >= 0.6 is 0 Å². The molecule has 0 unspecified atom stereocenters. The molecular weight excluding hydrogens is 228 g/mol. The fraction of sp³-hybridized carbons (Fsp3) is 0.333. The second kappa shape index (κ2) is 6.30. The summed E-state index contributed by atoms with van der Waals surface area (Å²) in [4.78, 5) is 0. The van der Waals surface area contributed by atoms with Gasteiger partial charge in [0.2, 0.25) is 10.8 Å². The van der Waals surface area contributed by atoms with Crippen molar-refractivity contribution in [2.24, 2.45) is 10.8 Å². The minimum absolute atomic E-state index is 0.144. The molecule has 0 aliphatic rings. The summed E-state index contributed by atoms with van der Waals surface area (Å²) < 4.78 is 0. The van der Waals surface area contributed by atoms with Crippen molar-refractivity contribution in [3.8, 4) is 36.4 Å². The molecule has 0 bridgehead atoms. The Bertz CT molecular complexity index is 461. The zero-order valence-corrected chi connectivity index (χ0v) is 9.25. The average molecular weight is 234 g/mol. The Morgan fingerprint density at radius 1 is 0.556 bits per heavy atom. The Kier molecular flexibility index (Phi) is 5.14. The van der Waals surface area contributed by atoms with Crippen molar-refractivity contribution >= 4 is 0 Å². The number of nitriles is 6. The molecule has 0 aliphatic carbocycles.